The van der Waals surface area contributed by atoms with Gasteiger partial charge in [-0.2, -0.15) is 0 Å². The van der Waals surface area contributed by atoms with Gasteiger partial charge in [0, 0.05) is 18.3 Å². The Labute approximate surface area is 123 Å². The molecule has 0 spiro atoms. The molecule has 0 saturated heterocycles. The van der Waals surface area contributed by atoms with Gasteiger partial charge in [0.05, 0.1) is 24.9 Å². The molecule has 0 heterocycles. The molecule has 5 heteroatoms. The Balaban J connectivity index is 2.37. The van der Waals surface area contributed by atoms with Crippen molar-refractivity contribution in [2.75, 3.05) is 24.3 Å². The Kier molecular flexibility index (Phi) is 4.66. The van der Waals surface area contributed by atoms with E-state index < -0.39 is 5.97 Å². The molecule has 0 bridgehead atoms. The number of nitrogen functional groups attached to an aromatic ring is 1. The molecule has 0 radical (unpaired) electrons. The number of carbonyl (C=O) groups is 1. The first-order valence-corrected chi connectivity index (χ1v) is 6.59. The first-order valence-electron chi connectivity index (χ1n) is 6.59. The molecule has 110 valence electrons. The van der Waals surface area contributed by atoms with E-state index in [4.69, 9.17) is 15.6 Å². The summed E-state index contributed by atoms with van der Waals surface area (Å²) in [6, 6.07) is 14.9. The van der Waals surface area contributed by atoms with Crippen LogP contribution in [0.5, 0.6) is 5.75 Å². The number of carboxylic acid groups (broad SMARTS) is 1. The molecule has 0 saturated carbocycles. The summed E-state index contributed by atoms with van der Waals surface area (Å²) in [7, 11) is 1.58. The first-order chi connectivity index (χ1) is 10.1. The summed E-state index contributed by atoms with van der Waals surface area (Å²) < 4.78 is 5.14. The molecule has 0 aliphatic heterocycles. The van der Waals surface area contributed by atoms with Crippen LogP contribution in [0.1, 0.15) is 6.42 Å². The molecule has 0 aliphatic rings. The number of methoxy groups -OCH3 is 1. The van der Waals surface area contributed by atoms with Crippen LogP contribution in [-0.2, 0) is 4.79 Å². The fraction of sp³-hybridized carbons (Fsp3) is 0.188. The number of nitrogens with two attached hydrogens (primary N) is 1. The molecule has 21 heavy (non-hydrogen) atoms. The van der Waals surface area contributed by atoms with E-state index in [2.05, 4.69) is 0 Å². The lowest BCUT2D eigenvalue weighted by atomic mass is 10.2. The Morgan fingerprint density at radius 3 is 2.52 bits per heavy atom. The normalized spacial score (nSPS) is 10.1. The molecule has 0 aromatic heterocycles. The number of para-hydroxylation sites is 1. The van der Waals surface area contributed by atoms with Gasteiger partial charge in [-0.3, -0.25) is 4.79 Å². The lowest BCUT2D eigenvalue weighted by molar-refractivity contribution is -0.136. The van der Waals surface area contributed by atoms with Crippen LogP contribution in [0.25, 0.3) is 0 Å². The summed E-state index contributed by atoms with van der Waals surface area (Å²) in [6.45, 7) is 0.343. The second-order valence-electron chi connectivity index (χ2n) is 4.56. The SMILES string of the molecule is COc1ccc(N(CCC(=O)O)c2ccccc2)c(N)c1. The van der Waals surface area contributed by atoms with Crippen molar-refractivity contribution in [3.05, 3.63) is 48.5 Å². The third kappa shape index (κ3) is 3.66. The molecular weight excluding hydrogens is 268 g/mol. The van der Waals surface area contributed by atoms with Gasteiger partial charge in [-0.15, -0.1) is 0 Å². The van der Waals surface area contributed by atoms with Crippen molar-refractivity contribution in [2.24, 2.45) is 0 Å². The highest BCUT2D eigenvalue weighted by atomic mass is 16.5. The van der Waals surface area contributed by atoms with E-state index in [0.717, 1.165) is 11.4 Å². The molecule has 0 unspecified atom stereocenters. The summed E-state index contributed by atoms with van der Waals surface area (Å²) in [5.41, 5.74) is 8.28. The molecule has 2 rings (SSSR count). The lowest BCUT2D eigenvalue weighted by Gasteiger charge is -2.26. The van der Waals surface area contributed by atoms with Crippen molar-refractivity contribution in [1.82, 2.24) is 0 Å². The van der Waals surface area contributed by atoms with E-state index in [1.54, 1.807) is 13.2 Å². The Morgan fingerprint density at radius 1 is 1.24 bits per heavy atom. The molecule has 0 amide bonds. The summed E-state index contributed by atoms with van der Waals surface area (Å²) >= 11 is 0. The monoisotopic (exact) mass is 286 g/mol. The Morgan fingerprint density at radius 2 is 1.95 bits per heavy atom. The Bertz CT molecular complexity index is 614. The maximum atomic E-state index is 10.9. The average molecular weight is 286 g/mol. The van der Waals surface area contributed by atoms with E-state index in [1.807, 2.05) is 47.4 Å². The third-order valence-electron chi connectivity index (χ3n) is 3.14. The molecule has 2 aromatic rings. The largest absolute Gasteiger partial charge is 0.497 e. The zero-order valence-electron chi connectivity index (χ0n) is 11.8. The number of rotatable bonds is 6. The number of aliphatic carboxylic acids is 1. The minimum absolute atomic E-state index is 0.0281. The average Bonchev–Trinajstić information content (AvgIpc) is 2.49. The van der Waals surface area contributed by atoms with Gasteiger partial charge < -0.3 is 20.5 Å². The van der Waals surface area contributed by atoms with Gasteiger partial charge in [-0.25, -0.2) is 0 Å². The van der Waals surface area contributed by atoms with Gasteiger partial charge in [-0.1, -0.05) is 18.2 Å². The van der Waals surface area contributed by atoms with Crippen LogP contribution in [0.4, 0.5) is 17.1 Å². The second kappa shape index (κ2) is 6.65. The highest BCUT2D eigenvalue weighted by molar-refractivity contribution is 5.77. The first kappa shape index (κ1) is 14.7. The van der Waals surface area contributed by atoms with Crippen molar-refractivity contribution >= 4 is 23.0 Å². The number of carboxylic acids is 1. The minimum atomic E-state index is -0.844. The zero-order chi connectivity index (χ0) is 15.2. The van der Waals surface area contributed by atoms with Crippen molar-refractivity contribution in [2.45, 2.75) is 6.42 Å². The fourth-order valence-electron chi connectivity index (χ4n) is 2.11. The van der Waals surface area contributed by atoms with Crippen LogP contribution in [0, 0.1) is 0 Å². The van der Waals surface area contributed by atoms with Crippen molar-refractivity contribution < 1.29 is 14.6 Å². The molecular formula is C16H18N2O3. The van der Waals surface area contributed by atoms with Gasteiger partial charge in [0.25, 0.3) is 0 Å². The van der Waals surface area contributed by atoms with E-state index in [0.29, 0.717) is 18.0 Å². The Hall–Kier alpha value is -2.69. The predicted octanol–water partition coefficient (Wildman–Crippen LogP) is 2.89. The topological polar surface area (TPSA) is 75.8 Å². The van der Waals surface area contributed by atoms with Crippen molar-refractivity contribution in [3.63, 3.8) is 0 Å². The van der Waals surface area contributed by atoms with E-state index in [1.165, 1.54) is 0 Å². The number of ether oxygens (including phenoxy) is 1. The highest BCUT2D eigenvalue weighted by Gasteiger charge is 2.14. The summed E-state index contributed by atoms with van der Waals surface area (Å²) in [5, 5.41) is 8.93. The number of hydrogen-bond donors (Lipinski definition) is 2. The number of anilines is 3. The lowest BCUT2D eigenvalue weighted by Crippen LogP contribution is -2.21. The minimum Gasteiger partial charge on any atom is -0.497 e. The number of hydrogen-bond acceptors (Lipinski definition) is 4. The molecule has 3 N–H and O–H groups in total. The van der Waals surface area contributed by atoms with Gasteiger partial charge in [-0.05, 0) is 24.3 Å². The van der Waals surface area contributed by atoms with Gasteiger partial charge in [0.1, 0.15) is 5.75 Å². The zero-order valence-corrected chi connectivity index (χ0v) is 11.8. The van der Waals surface area contributed by atoms with Crippen LogP contribution >= 0.6 is 0 Å². The summed E-state index contributed by atoms with van der Waals surface area (Å²) in [4.78, 5) is 12.8. The maximum Gasteiger partial charge on any atom is 0.305 e. The number of benzene rings is 2. The van der Waals surface area contributed by atoms with Crippen molar-refractivity contribution in [1.29, 1.82) is 0 Å². The van der Waals surface area contributed by atoms with Crippen LogP contribution < -0.4 is 15.4 Å². The third-order valence-corrected chi connectivity index (χ3v) is 3.14. The van der Waals surface area contributed by atoms with E-state index in [9.17, 15) is 4.79 Å². The smallest absolute Gasteiger partial charge is 0.305 e. The van der Waals surface area contributed by atoms with Gasteiger partial charge in [0.15, 0.2) is 0 Å². The molecule has 0 aliphatic carbocycles. The van der Waals surface area contributed by atoms with Crippen molar-refractivity contribution in [3.8, 4) is 5.75 Å². The van der Waals surface area contributed by atoms with Crippen LogP contribution in [0.15, 0.2) is 48.5 Å². The second-order valence-corrected chi connectivity index (χ2v) is 4.56. The molecule has 5 nitrogen and oxygen atoms in total. The standard InChI is InChI=1S/C16H18N2O3/c1-21-13-7-8-15(14(17)11-13)18(10-9-16(19)20)12-5-3-2-4-6-12/h2-8,11H,9-10,17H2,1H3,(H,19,20). The molecule has 0 atom stereocenters. The van der Waals surface area contributed by atoms with Crippen LogP contribution in [0.2, 0.25) is 0 Å². The number of nitrogens with zero attached hydrogens (tertiary/aromatic N) is 1. The summed E-state index contributed by atoms with van der Waals surface area (Å²) in [5.74, 6) is -0.175. The fourth-order valence-corrected chi connectivity index (χ4v) is 2.11. The van der Waals surface area contributed by atoms with Gasteiger partial charge in [0.2, 0.25) is 0 Å². The maximum absolute atomic E-state index is 10.9. The molecule has 2 aromatic carbocycles. The van der Waals surface area contributed by atoms with E-state index in [-0.39, 0.29) is 6.42 Å². The predicted molar refractivity (Wildman–Crippen MR) is 83.1 cm³/mol. The molecule has 0 fully saturated rings. The highest BCUT2D eigenvalue weighted by Crippen LogP contribution is 2.33. The quantitative estimate of drug-likeness (QED) is 0.799. The summed E-state index contributed by atoms with van der Waals surface area (Å²) in [6.07, 6.45) is 0.0281. The van der Waals surface area contributed by atoms with Crippen LogP contribution in [0.3, 0.4) is 0 Å². The van der Waals surface area contributed by atoms with Crippen LogP contribution in [-0.4, -0.2) is 24.7 Å². The van der Waals surface area contributed by atoms with Gasteiger partial charge >= 0.3 is 5.97 Å². The van der Waals surface area contributed by atoms with E-state index >= 15 is 0 Å².